The fraction of sp³-hybridized carbons (Fsp3) is 0.421. The van der Waals surface area contributed by atoms with Crippen LogP contribution in [0.15, 0.2) is 35.5 Å². The SMILES string of the molecule is CCOc1cc(/C=N/N2C(=O)[C@@H]3[C@H](C2=O)[C@@H]2C=C[C@H]3CC2)ccc1O. The van der Waals surface area contributed by atoms with Gasteiger partial charge in [-0.1, -0.05) is 12.2 Å². The average molecular weight is 340 g/mol. The molecule has 1 aromatic rings. The van der Waals surface area contributed by atoms with Crippen molar-refractivity contribution < 1.29 is 19.4 Å². The fourth-order valence-electron chi connectivity index (χ4n) is 4.18. The van der Waals surface area contributed by atoms with Crippen LogP contribution < -0.4 is 4.74 Å². The molecule has 1 saturated carbocycles. The maximum atomic E-state index is 12.7. The van der Waals surface area contributed by atoms with Gasteiger partial charge in [-0.3, -0.25) is 9.59 Å². The molecule has 3 aliphatic carbocycles. The summed E-state index contributed by atoms with van der Waals surface area (Å²) in [6.07, 6.45) is 7.57. The van der Waals surface area contributed by atoms with E-state index < -0.39 is 0 Å². The lowest BCUT2D eigenvalue weighted by Gasteiger charge is -2.37. The zero-order chi connectivity index (χ0) is 17.6. The van der Waals surface area contributed by atoms with Crippen molar-refractivity contribution in [3.63, 3.8) is 0 Å². The summed E-state index contributed by atoms with van der Waals surface area (Å²) >= 11 is 0. The summed E-state index contributed by atoms with van der Waals surface area (Å²) in [5.74, 6) is -0.209. The Hall–Kier alpha value is -2.63. The number of rotatable bonds is 4. The minimum atomic E-state index is -0.257. The number of carbonyl (C=O) groups excluding carboxylic acids is 2. The summed E-state index contributed by atoms with van der Waals surface area (Å²) in [6.45, 7) is 2.25. The third kappa shape index (κ3) is 2.52. The van der Waals surface area contributed by atoms with Crippen molar-refractivity contribution in [1.29, 1.82) is 0 Å². The van der Waals surface area contributed by atoms with Crippen LogP contribution in [0.2, 0.25) is 0 Å². The van der Waals surface area contributed by atoms with Crippen molar-refractivity contribution in [2.45, 2.75) is 19.8 Å². The molecule has 4 atom stereocenters. The van der Waals surface area contributed by atoms with Gasteiger partial charge < -0.3 is 9.84 Å². The number of phenolic OH excluding ortho intramolecular Hbond substituents is 1. The van der Waals surface area contributed by atoms with Crippen molar-refractivity contribution in [3.8, 4) is 11.5 Å². The van der Waals surface area contributed by atoms with Crippen LogP contribution in [0.1, 0.15) is 25.3 Å². The zero-order valence-electron chi connectivity index (χ0n) is 14.0. The third-order valence-corrected chi connectivity index (χ3v) is 5.34. The molecule has 0 unspecified atom stereocenters. The van der Waals surface area contributed by atoms with E-state index in [0.29, 0.717) is 17.9 Å². The molecule has 6 heteroatoms. The summed E-state index contributed by atoms with van der Waals surface area (Å²) in [5.41, 5.74) is 0.651. The lowest BCUT2D eigenvalue weighted by molar-refractivity contribution is -0.140. The summed E-state index contributed by atoms with van der Waals surface area (Å²) in [5, 5.41) is 14.9. The lowest BCUT2D eigenvalue weighted by Crippen LogP contribution is -2.38. The van der Waals surface area contributed by atoms with Crippen molar-refractivity contribution in [1.82, 2.24) is 5.01 Å². The number of benzene rings is 1. The smallest absolute Gasteiger partial charge is 0.254 e. The zero-order valence-corrected chi connectivity index (χ0v) is 14.0. The number of hydrogen-bond acceptors (Lipinski definition) is 5. The van der Waals surface area contributed by atoms with Gasteiger partial charge in [0.1, 0.15) is 0 Å². The Morgan fingerprint density at radius 1 is 1.20 bits per heavy atom. The van der Waals surface area contributed by atoms with E-state index in [4.69, 9.17) is 4.74 Å². The summed E-state index contributed by atoms with van der Waals surface area (Å²) in [6, 6.07) is 4.79. The molecular formula is C19H20N2O4. The van der Waals surface area contributed by atoms with Crippen molar-refractivity contribution in [2.75, 3.05) is 6.61 Å². The third-order valence-electron chi connectivity index (χ3n) is 5.34. The molecule has 4 aliphatic rings. The highest BCUT2D eigenvalue weighted by molar-refractivity contribution is 6.06. The van der Waals surface area contributed by atoms with Crippen LogP contribution >= 0.6 is 0 Å². The number of ether oxygens (including phenoxy) is 1. The predicted molar refractivity (Wildman–Crippen MR) is 91.1 cm³/mol. The van der Waals surface area contributed by atoms with Crippen LogP contribution in [-0.4, -0.2) is 34.8 Å². The fourth-order valence-corrected chi connectivity index (χ4v) is 4.18. The Kier molecular flexibility index (Phi) is 3.82. The van der Waals surface area contributed by atoms with E-state index >= 15 is 0 Å². The minimum absolute atomic E-state index is 0.0426. The highest BCUT2D eigenvalue weighted by Crippen LogP contribution is 2.49. The second-order valence-electron chi connectivity index (χ2n) is 6.73. The summed E-state index contributed by atoms with van der Waals surface area (Å²) in [4.78, 5) is 25.4. The number of amides is 2. The van der Waals surface area contributed by atoms with Crippen LogP contribution in [0, 0.1) is 23.7 Å². The first-order valence-corrected chi connectivity index (χ1v) is 8.66. The van der Waals surface area contributed by atoms with Gasteiger partial charge in [0.15, 0.2) is 11.5 Å². The molecule has 0 aromatic heterocycles. The van der Waals surface area contributed by atoms with E-state index in [9.17, 15) is 14.7 Å². The maximum absolute atomic E-state index is 12.7. The van der Waals surface area contributed by atoms with Gasteiger partial charge >= 0.3 is 0 Å². The second kappa shape index (κ2) is 6.02. The van der Waals surface area contributed by atoms with Crippen molar-refractivity contribution >= 4 is 18.0 Å². The number of hydrazone groups is 1. The summed E-state index contributed by atoms with van der Waals surface area (Å²) in [7, 11) is 0. The van der Waals surface area contributed by atoms with Gasteiger partial charge in [0.05, 0.1) is 24.7 Å². The van der Waals surface area contributed by atoms with Gasteiger partial charge in [-0.15, -0.1) is 0 Å². The van der Waals surface area contributed by atoms with E-state index in [0.717, 1.165) is 17.9 Å². The van der Waals surface area contributed by atoms with E-state index in [1.165, 1.54) is 12.3 Å². The number of fused-ring (bicyclic) bond motifs is 1. The molecule has 2 amide bonds. The van der Waals surface area contributed by atoms with Gasteiger partial charge in [-0.05, 0) is 55.4 Å². The highest BCUT2D eigenvalue weighted by atomic mass is 16.5. The topological polar surface area (TPSA) is 79.2 Å². The molecule has 0 radical (unpaired) electrons. The Morgan fingerprint density at radius 3 is 2.40 bits per heavy atom. The molecule has 1 saturated heterocycles. The second-order valence-corrected chi connectivity index (χ2v) is 6.73. The predicted octanol–water partition coefficient (Wildman–Crippen LogP) is 2.32. The Labute approximate surface area is 145 Å². The number of aromatic hydroxyl groups is 1. The largest absolute Gasteiger partial charge is 0.504 e. The van der Waals surface area contributed by atoms with Crippen molar-refractivity contribution in [2.24, 2.45) is 28.8 Å². The van der Waals surface area contributed by atoms with E-state index in [-0.39, 0.29) is 41.2 Å². The van der Waals surface area contributed by atoms with Crippen LogP contribution in [0.4, 0.5) is 0 Å². The normalized spacial score (nSPS) is 30.4. The Balaban J connectivity index is 1.57. The monoisotopic (exact) mass is 340 g/mol. The first kappa shape index (κ1) is 15.9. The Bertz CT molecular complexity index is 754. The van der Waals surface area contributed by atoms with Crippen LogP contribution in [0.3, 0.4) is 0 Å². The van der Waals surface area contributed by atoms with E-state index in [1.807, 2.05) is 6.92 Å². The molecule has 1 N–H and O–H groups in total. The molecular weight excluding hydrogens is 320 g/mol. The standard InChI is InChI=1S/C19H20N2O4/c1-2-25-15-9-11(3-8-14(15)22)10-20-21-18(23)16-12-4-5-13(7-6-12)17(16)19(21)24/h3-5,8-10,12-13,16-17,22H,2,6-7H2,1H3/b20-10+/t12-,13+,16-,17+. The number of allylic oxidation sites excluding steroid dienone is 2. The van der Waals surface area contributed by atoms with E-state index in [2.05, 4.69) is 17.3 Å². The van der Waals surface area contributed by atoms with Gasteiger partial charge in [0.2, 0.25) is 0 Å². The molecule has 1 aliphatic heterocycles. The lowest BCUT2D eigenvalue weighted by atomic mass is 9.63. The molecule has 2 bridgehead atoms. The van der Waals surface area contributed by atoms with Crippen LogP contribution in [0.25, 0.3) is 0 Å². The average Bonchev–Trinajstić information content (AvgIpc) is 2.90. The first-order valence-electron chi connectivity index (χ1n) is 8.66. The number of imide groups is 1. The van der Waals surface area contributed by atoms with Crippen LogP contribution in [-0.2, 0) is 9.59 Å². The van der Waals surface area contributed by atoms with Gasteiger partial charge in [0, 0.05) is 0 Å². The first-order chi connectivity index (χ1) is 12.1. The van der Waals surface area contributed by atoms with E-state index in [1.54, 1.807) is 12.1 Å². The maximum Gasteiger partial charge on any atom is 0.254 e. The molecule has 5 rings (SSSR count). The molecule has 130 valence electrons. The van der Waals surface area contributed by atoms with Gasteiger partial charge in [-0.2, -0.15) is 10.1 Å². The molecule has 2 fully saturated rings. The van der Waals surface area contributed by atoms with Gasteiger partial charge in [-0.25, -0.2) is 0 Å². The number of phenols is 1. The highest BCUT2D eigenvalue weighted by Gasteiger charge is 2.56. The number of nitrogens with zero attached hydrogens (tertiary/aromatic N) is 2. The summed E-state index contributed by atoms with van der Waals surface area (Å²) < 4.78 is 5.34. The number of hydrogen-bond donors (Lipinski definition) is 1. The molecule has 1 heterocycles. The molecule has 6 nitrogen and oxygen atoms in total. The van der Waals surface area contributed by atoms with Gasteiger partial charge in [0.25, 0.3) is 11.8 Å². The Morgan fingerprint density at radius 2 is 1.84 bits per heavy atom. The van der Waals surface area contributed by atoms with Crippen molar-refractivity contribution in [3.05, 3.63) is 35.9 Å². The molecule has 25 heavy (non-hydrogen) atoms. The molecule has 1 aromatic carbocycles. The number of carbonyl (C=O) groups is 2. The van der Waals surface area contributed by atoms with Crippen LogP contribution in [0.5, 0.6) is 11.5 Å². The molecule has 0 spiro atoms. The quantitative estimate of drug-likeness (QED) is 0.518. The minimum Gasteiger partial charge on any atom is -0.504 e.